The van der Waals surface area contributed by atoms with E-state index in [4.69, 9.17) is 4.74 Å². The van der Waals surface area contributed by atoms with Gasteiger partial charge in [0.25, 0.3) is 0 Å². The van der Waals surface area contributed by atoms with Crippen LogP contribution in [-0.4, -0.2) is 54.1 Å². The lowest BCUT2D eigenvalue weighted by atomic mass is 9.88. The maximum absolute atomic E-state index is 15.0. The summed E-state index contributed by atoms with van der Waals surface area (Å²) in [6.07, 6.45) is 4.71. The van der Waals surface area contributed by atoms with Gasteiger partial charge in [0.05, 0.1) is 18.4 Å². The third-order valence-corrected chi connectivity index (χ3v) is 7.72. The fraction of sp³-hybridized carbons (Fsp3) is 0.414. The van der Waals surface area contributed by atoms with E-state index in [0.29, 0.717) is 12.1 Å². The molecular weight excluding hydrogens is 493 g/mol. The molecule has 0 atom stereocenters. The third kappa shape index (κ3) is 4.87. The van der Waals surface area contributed by atoms with Gasteiger partial charge in [-0.1, -0.05) is 12.1 Å². The monoisotopic (exact) mass is 522 g/mol. The number of likely N-dealkylation sites (tertiary alicyclic amines) is 1. The fourth-order valence-electron chi connectivity index (χ4n) is 5.40. The van der Waals surface area contributed by atoms with E-state index >= 15 is 8.78 Å². The van der Waals surface area contributed by atoms with Crippen LogP contribution in [0.5, 0.6) is 5.75 Å². The summed E-state index contributed by atoms with van der Waals surface area (Å²) < 4.78 is 50.4. The van der Waals surface area contributed by atoms with Gasteiger partial charge in [-0.25, -0.2) is 23.1 Å². The van der Waals surface area contributed by atoms with Gasteiger partial charge in [0.1, 0.15) is 23.9 Å². The molecule has 3 aliphatic rings. The van der Waals surface area contributed by atoms with E-state index < -0.39 is 11.6 Å². The van der Waals surface area contributed by atoms with Gasteiger partial charge in [0.2, 0.25) is 5.91 Å². The molecule has 2 fully saturated rings. The summed E-state index contributed by atoms with van der Waals surface area (Å²) in [5, 5.41) is 0. The minimum atomic E-state index is -0.714. The van der Waals surface area contributed by atoms with Crippen LogP contribution in [0.15, 0.2) is 36.5 Å². The Morgan fingerprint density at radius 3 is 2.53 bits per heavy atom. The molecule has 1 aromatic heterocycles. The molecule has 1 saturated heterocycles. The van der Waals surface area contributed by atoms with Crippen LogP contribution in [0.25, 0.3) is 11.3 Å². The maximum Gasteiger partial charge on any atom is 0.230 e. The zero-order valence-corrected chi connectivity index (χ0v) is 21.2. The van der Waals surface area contributed by atoms with Crippen LogP contribution >= 0.6 is 0 Å². The molecule has 2 aliphatic heterocycles. The minimum absolute atomic E-state index is 0.0103. The van der Waals surface area contributed by atoms with Gasteiger partial charge < -0.3 is 14.5 Å². The molecule has 2 aromatic carbocycles. The SMILES string of the molecule is CN1CCC(c2ccc(Cc3ncc(F)c(-c4cc(F)c5c(c4)N(C(=O)C4CC4)CCO5)n3)cc2F)CC1. The average Bonchev–Trinajstić information content (AvgIpc) is 3.76. The number of ether oxygens (including phenoxy) is 1. The fourth-order valence-corrected chi connectivity index (χ4v) is 5.40. The molecule has 3 heterocycles. The molecule has 1 amide bonds. The summed E-state index contributed by atoms with van der Waals surface area (Å²) >= 11 is 0. The first-order chi connectivity index (χ1) is 18.4. The van der Waals surface area contributed by atoms with Crippen molar-refractivity contribution in [3.63, 3.8) is 0 Å². The molecule has 0 N–H and O–H groups in total. The van der Waals surface area contributed by atoms with Gasteiger partial charge in [0.15, 0.2) is 17.4 Å². The Bertz CT molecular complexity index is 1390. The Balaban J connectivity index is 1.27. The normalized spacial score (nSPS) is 18.3. The number of carbonyl (C=O) groups is 1. The van der Waals surface area contributed by atoms with Crippen LogP contribution in [0.2, 0.25) is 0 Å². The smallest absolute Gasteiger partial charge is 0.230 e. The van der Waals surface area contributed by atoms with Crippen LogP contribution in [0.4, 0.5) is 18.9 Å². The zero-order valence-electron chi connectivity index (χ0n) is 21.2. The van der Waals surface area contributed by atoms with Crippen LogP contribution < -0.4 is 9.64 Å². The summed E-state index contributed by atoms with van der Waals surface area (Å²) in [6.45, 7) is 2.39. The first-order valence-corrected chi connectivity index (χ1v) is 13.1. The predicted molar refractivity (Wildman–Crippen MR) is 137 cm³/mol. The third-order valence-electron chi connectivity index (χ3n) is 7.72. The molecule has 6 rings (SSSR count). The van der Waals surface area contributed by atoms with E-state index in [1.807, 2.05) is 12.1 Å². The highest BCUT2D eigenvalue weighted by molar-refractivity contribution is 5.98. The molecule has 1 aliphatic carbocycles. The molecule has 1 saturated carbocycles. The van der Waals surface area contributed by atoms with Crippen molar-refractivity contribution in [3.05, 3.63) is 70.9 Å². The number of amides is 1. The van der Waals surface area contributed by atoms with E-state index in [0.717, 1.165) is 56.6 Å². The quantitative estimate of drug-likeness (QED) is 0.467. The standard InChI is InChI=1S/C29H29F3N4O2/c1-35-8-6-18(7-9-35)21-5-2-17(12-22(21)30)13-26-33-16-24(32)27(34-26)20-14-23(31)28-25(15-20)36(10-11-38-28)29(37)19-3-4-19/h2,5,12,14-16,18-19H,3-4,6-11,13H2,1H3. The first kappa shape index (κ1) is 24.9. The van der Waals surface area contributed by atoms with Crippen LogP contribution in [-0.2, 0) is 11.2 Å². The lowest BCUT2D eigenvalue weighted by molar-refractivity contribution is -0.120. The van der Waals surface area contributed by atoms with Crippen LogP contribution in [0.1, 0.15) is 48.6 Å². The molecule has 0 unspecified atom stereocenters. The number of halogens is 3. The highest BCUT2D eigenvalue weighted by atomic mass is 19.1. The Morgan fingerprint density at radius 1 is 1.00 bits per heavy atom. The molecule has 9 heteroatoms. The van der Waals surface area contributed by atoms with Crippen molar-refractivity contribution in [2.75, 3.05) is 38.2 Å². The molecule has 0 spiro atoms. The second kappa shape index (κ2) is 10.0. The molecular formula is C29H29F3N4O2. The molecule has 3 aromatic rings. The maximum atomic E-state index is 15.0. The number of hydrogen-bond donors (Lipinski definition) is 0. The number of piperidine rings is 1. The van der Waals surface area contributed by atoms with Gasteiger partial charge in [-0.05, 0) is 81.1 Å². The van der Waals surface area contributed by atoms with Crippen molar-refractivity contribution >= 4 is 11.6 Å². The summed E-state index contributed by atoms with van der Waals surface area (Å²) in [6, 6.07) is 7.89. The molecule has 198 valence electrons. The number of fused-ring (bicyclic) bond motifs is 1. The topological polar surface area (TPSA) is 58.6 Å². The number of rotatable bonds is 5. The summed E-state index contributed by atoms with van der Waals surface area (Å²) in [4.78, 5) is 25.0. The average molecular weight is 523 g/mol. The van der Waals surface area contributed by atoms with E-state index in [1.165, 1.54) is 11.0 Å². The van der Waals surface area contributed by atoms with Crippen molar-refractivity contribution in [1.82, 2.24) is 14.9 Å². The summed E-state index contributed by atoms with van der Waals surface area (Å²) in [7, 11) is 2.07. The highest BCUT2D eigenvalue weighted by Crippen LogP contribution is 2.41. The Morgan fingerprint density at radius 2 is 1.79 bits per heavy atom. The first-order valence-electron chi connectivity index (χ1n) is 13.1. The van der Waals surface area contributed by atoms with Gasteiger partial charge in [0, 0.05) is 17.9 Å². The predicted octanol–water partition coefficient (Wildman–Crippen LogP) is 5.10. The molecule has 0 radical (unpaired) electrons. The number of carbonyl (C=O) groups excluding carboxylic acids is 1. The van der Waals surface area contributed by atoms with Crippen molar-refractivity contribution in [2.45, 2.75) is 38.0 Å². The second-order valence-corrected chi connectivity index (χ2v) is 10.5. The Labute approximate surface area is 219 Å². The van der Waals surface area contributed by atoms with Crippen molar-refractivity contribution in [1.29, 1.82) is 0 Å². The molecule has 6 nitrogen and oxygen atoms in total. The Hall–Kier alpha value is -3.46. The number of aromatic nitrogens is 2. The molecule has 0 bridgehead atoms. The van der Waals surface area contributed by atoms with E-state index in [9.17, 15) is 9.18 Å². The van der Waals surface area contributed by atoms with Crippen molar-refractivity contribution in [2.24, 2.45) is 5.92 Å². The van der Waals surface area contributed by atoms with E-state index in [2.05, 4.69) is 21.9 Å². The van der Waals surface area contributed by atoms with E-state index in [-0.39, 0.29) is 65.1 Å². The lowest BCUT2D eigenvalue weighted by Crippen LogP contribution is -2.39. The summed E-state index contributed by atoms with van der Waals surface area (Å²) in [5.41, 5.74) is 1.78. The largest absolute Gasteiger partial charge is 0.486 e. The Kier molecular flexibility index (Phi) is 6.55. The zero-order chi connectivity index (χ0) is 26.4. The van der Waals surface area contributed by atoms with Gasteiger partial charge in [-0.3, -0.25) is 4.79 Å². The summed E-state index contributed by atoms with van der Waals surface area (Å²) in [5.74, 6) is -1.30. The van der Waals surface area contributed by atoms with Crippen LogP contribution in [0.3, 0.4) is 0 Å². The lowest BCUT2D eigenvalue weighted by Gasteiger charge is -2.30. The van der Waals surface area contributed by atoms with Crippen molar-refractivity contribution < 1.29 is 22.7 Å². The second-order valence-electron chi connectivity index (χ2n) is 10.5. The van der Waals surface area contributed by atoms with Crippen LogP contribution in [0, 0.1) is 23.4 Å². The van der Waals surface area contributed by atoms with Gasteiger partial charge in [-0.2, -0.15) is 0 Å². The number of benzene rings is 2. The van der Waals surface area contributed by atoms with E-state index in [1.54, 1.807) is 6.07 Å². The van der Waals surface area contributed by atoms with Gasteiger partial charge in [-0.15, -0.1) is 0 Å². The number of nitrogens with zero attached hydrogens (tertiary/aromatic N) is 4. The molecule has 38 heavy (non-hydrogen) atoms. The minimum Gasteiger partial charge on any atom is -0.486 e. The van der Waals surface area contributed by atoms with Gasteiger partial charge >= 0.3 is 0 Å². The number of hydrogen-bond acceptors (Lipinski definition) is 5. The highest BCUT2D eigenvalue weighted by Gasteiger charge is 2.37. The number of anilines is 1. The van der Waals surface area contributed by atoms with Crippen molar-refractivity contribution in [3.8, 4) is 17.0 Å².